The van der Waals surface area contributed by atoms with E-state index in [0.717, 1.165) is 16.5 Å². The highest BCUT2D eigenvalue weighted by atomic mass is 79.9. The number of rotatable bonds is 5. The summed E-state index contributed by atoms with van der Waals surface area (Å²) in [6, 6.07) is 13.7. The number of alkyl halides is 1. The third-order valence-electron chi connectivity index (χ3n) is 7.54. The summed E-state index contributed by atoms with van der Waals surface area (Å²) in [6.07, 6.45) is 3.93. The Bertz CT molecular complexity index is 1080. The van der Waals surface area contributed by atoms with Gasteiger partial charge in [-0.1, -0.05) is 46.3 Å². The summed E-state index contributed by atoms with van der Waals surface area (Å²) < 4.78 is 29.0. The maximum atomic E-state index is 14.8. The summed E-state index contributed by atoms with van der Waals surface area (Å²) in [5.74, 6) is -0.383. The van der Waals surface area contributed by atoms with Gasteiger partial charge in [-0.25, -0.2) is 13.6 Å². The van der Waals surface area contributed by atoms with Gasteiger partial charge < -0.3 is 19.8 Å². The molecule has 0 aromatic heterocycles. The van der Waals surface area contributed by atoms with Crippen LogP contribution in [0.15, 0.2) is 59.1 Å². The highest BCUT2D eigenvalue weighted by molar-refractivity contribution is 9.10. The van der Waals surface area contributed by atoms with E-state index in [1.807, 2.05) is 48.4 Å². The molecule has 1 saturated heterocycles. The molecule has 2 heterocycles. The van der Waals surface area contributed by atoms with E-state index in [4.69, 9.17) is 0 Å². The molecular weight excluding hydrogens is 516 g/mol. The zero-order chi connectivity index (χ0) is 25.2. The lowest BCUT2D eigenvalue weighted by Gasteiger charge is -2.41. The normalized spacial score (nSPS) is 25.3. The van der Waals surface area contributed by atoms with Crippen molar-refractivity contribution in [3.8, 4) is 0 Å². The molecule has 2 unspecified atom stereocenters. The first kappa shape index (κ1) is 25.8. The molecule has 4 rings (SSSR count). The largest absolute Gasteiger partial charge is 0.393 e. The van der Waals surface area contributed by atoms with Crippen molar-refractivity contribution in [1.82, 2.24) is 14.7 Å². The number of nitrogens with zero attached hydrogens (tertiary/aromatic N) is 3. The molecule has 0 aliphatic carbocycles. The highest BCUT2D eigenvalue weighted by Crippen LogP contribution is 2.42. The molecular formula is C27H32BrF2N3O2. The number of carbonyl (C=O) groups is 1. The third-order valence-corrected chi connectivity index (χ3v) is 8.04. The zero-order valence-electron chi connectivity index (χ0n) is 20.1. The number of aliphatic hydroxyl groups is 1. The van der Waals surface area contributed by atoms with E-state index in [9.17, 15) is 18.7 Å². The van der Waals surface area contributed by atoms with Crippen LogP contribution >= 0.6 is 15.9 Å². The second-order valence-electron chi connectivity index (χ2n) is 9.53. The number of halogens is 3. The quantitative estimate of drug-likeness (QED) is 0.569. The Balaban J connectivity index is 1.70. The maximum absolute atomic E-state index is 14.8. The molecule has 0 bridgehead atoms. The topological polar surface area (TPSA) is 47.0 Å². The molecule has 1 fully saturated rings. The predicted molar refractivity (Wildman–Crippen MR) is 137 cm³/mol. The average molecular weight is 548 g/mol. The third kappa shape index (κ3) is 5.01. The van der Waals surface area contributed by atoms with Gasteiger partial charge in [0.05, 0.1) is 6.61 Å². The molecule has 3 atom stereocenters. The number of hydrogen-bond acceptors (Lipinski definition) is 3. The molecule has 8 heteroatoms. The molecule has 0 spiro atoms. The van der Waals surface area contributed by atoms with Crippen molar-refractivity contribution >= 4 is 27.5 Å². The molecule has 2 aromatic rings. The zero-order valence-corrected chi connectivity index (χ0v) is 21.7. The fraction of sp³-hybridized carbons (Fsp3) is 0.444. The van der Waals surface area contributed by atoms with Crippen LogP contribution in [0.3, 0.4) is 0 Å². The fourth-order valence-electron chi connectivity index (χ4n) is 5.27. The summed E-state index contributed by atoms with van der Waals surface area (Å²) in [6.45, 7) is 0.117. The fourth-order valence-corrected chi connectivity index (χ4v) is 5.63. The van der Waals surface area contributed by atoms with Crippen molar-refractivity contribution in [1.29, 1.82) is 0 Å². The summed E-state index contributed by atoms with van der Waals surface area (Å²) >= 11 is 3.41. The molecule has 1 N–H and O–H groups in total. The smallest absolute Gasteiger partial charge is 0.321 e. The number of likely N-dealkylation sites (tertiary alicyclic amines) is 1. The van der Waals surface area contributed by atoms with Gasteiger partial charge in [-0.3, -0.25) is 0 Å². The first-order valence-electron chi connectivity index (χ1n) is 11.9. The molecule has 188 valence electrons. The molecule has 0 saturated carbocycles. The summed E-state index contributed by atoms with van der Waals surface area (Å²) in [7, 11) is 3.69. The van der Waals surface area contributed by atoms with E-state index in [1.54, 1.807) is 29.0 Å². The van der Waals surface area contributed by atoms with Gasteiger partial charge in [0, 0.05) is 42.3 Å². The van der Waals surface area contributed by atoms with Gasteiger partial charge in [-0.05, 0) is 61.7 Å². The lowest BCUT2D eigenvalue weighted by Crippen LogP contribution is -2.54. The Morgan fingerprint density at radius 3 is 2.63 bits per heavy atom. The van der Waals surface area contributed by atoms with Crippen LogP contribution in [0.25, 0.3) is 5.57 Å². The number of hydrogen-bond donors (Lipinski definition) is 1. The van der Waals surface area contributed by atoms with Crippen molar-refractivity contribution < 1.29 is 18.7 Å². The van der Waals surface area contributed by atoms with Gasteiger partial charge in [0.25, 0.3) is 0 Å². The van der Waals surface area contributed by atoms with Crippen LogP contribution < -0.4 is 0 Å². The minimum atomic E-state index is -1.13. The van der Waals surface area contributed by atoms with E-state index >= 15 is 0 Å². The lowest BCUT2D eigenvalue weighted by molar-refractivity contribution is 0.0777. The molecule has 35 heavy (non-hydrogen) atoms. The van der Waals surface area contributed by atoms with Gasteiger partial charge in [0.1, 0.15) is 18.0 Å². The Kier molecular flexibility index (Phi) is 7.93. The molecule has 2 aliphatic heterocycles. The maximum Gasteiger partial charge on any atom is 0.321 e. The Morgan fingerprint density at radius 2 is 1.94 bits per heavy atom. The van der Waals surface area contributed by atoms with E-state index < -0.39 is 12.2 Å². The van der Waals surface area contributed by atoms with E-state index in [0.29, 0.717) is 30.5 Å². The molecule has 2 aromatic carbocycles. The second-order valence-corrected chi connectivity index (χ2v) is 10.4. The van der Waals surface area contributed by atoms with Crippen molar-refractivity contribution in [3.05, 3.63) is 76.0 Å². The molecule has 2 amide bonds. The SMILES string of the molecule is CN1CCC(N(C)C(=O)N2CC(c3cc(Br)ccc3F)=C[C@@]2(CO)c2ccccc2)CCC1CF. The van der Waals surface area contributed by atoms with Crippen molar-refractivity contribution in [3.63, 3.8) is 0 Å². The number of aliphatic hydroxyl groups excluding tert-OH is 1. The van der Waals surface area contributed by atoms with E-state index in [-0.39, 0.29) is 37.1 Å². The van der Waals surface area contributed by atoms with Crippen molar-refractivity contribution in [2.75, 3.05) is 40.5 Å². The van der Waals surface area contributed by atoms with Crippen LogP contribution in [0.5, 0.6) is 0 Å². The summed E-state index contributed by atoms with van der Waals surface area (Å²) in [5.41, 5.74) is 0.668. The lowest BCUT2D eigenvalue weighted by atomic mass is 9.89. The molecule has 2 aliphatic rings. The van der Waals surface area contributed by atoms with Crippen molar-refractivity contribution in [2.24, 2.45) is 0 Å². The predicted octanol–water partition coefficient (Wildman–Crippen LogP) is 5.05. The van der Waals surface area contributed by atoms with Crippen LogP contribution in [-0.4, -0.2) is 78.4 Å². The van der Waals surface area contributed by atoms with Crippen LogP contribution in [0, 0.1) is 5.82 Å². The van der Waals surface area contributed by atoms with Gasteiger partial charge in [0.15, 0.2) is 0 Å². The summed E-state index contributed by atoms with van der Waals surface area (Å²) in [4.78, 5) is 19.4. The van der Waals surface area contributed by atoms with Crippen LogP contribution in [0.1, 0.15) is 30.4 Å². The molecule has 0 radical (unpaired) electrons. The number of benzene rings is 2. The standard InChI is InChI=1S/C27H32BrF2N3O2/c1-31-13-12-22(9-10-23(31)16-29)32(2)26(35)33-17-19(24-14-21(28)8-11-25(24)30)15-27(33,18-34)20-6-4-3-5-7-20/h3-8,11,14-15,22-23,34H,9-10,12-13,16-18H2,1-2H3/t22?,23?,27-/m1/s1. The van der Waals surface area contributed by atoms with Crippen LogP contribution in [0.4, 0.5) is 13.6 Å². The average Bonchev–Trinajstić information content (AvgIpc) is 3.17. The second kappa shape index (κ2) is 10.8. The molecule has 5 nitrogen and oxygen atoms in total. The summed E-state index contributed by atoms with van der Waals surface area (Å²) in [5, 5.41) is 10.7. The van der Waals surface area contributed by atoms with Gasteiger partial charge in [-0.2, -0.15) is 0 Å². The number of amides is 2. The minimum absolute atomic E-state index is 0.0553. The Morgan fingerprint density at radius 1 is 1.20 bits per heavy atom. The van der Waals surface area contributed by atoms with Gasteiger partial charge in [0.2, 0.25) is 0 Å². The van der Waals surface area contributed by atoms with Crippen LogP contribution in [0.2, 0.25) is 0 Å². The number of carbonyl (C=O) groups excluding carboxylic acids is 1. The monoisotopic (exact) mass is 547 g/mol. The van der Waals surface area contributed by atoms with Gasteiger partial charge >= 0.3 is 6.03 Å². The van der Waals surface area contributed by atoms with E-state index in [1.165, 1.54) is 6.07 Å². The Labute approximate surface area is 214 Å². The van der Waals surface area contributed by atoms with Crippen molar-refractivity contribution in [2.45, 2.75) is 36.9 Å². The van der Waals surface area contributed by atoms with Crippen LogP contribution in [-0.2, 0) is 5.54 Å². The Hall–Kier alpha value is -2.29. The first-order chi connectivity index (χ1) is 16.8. The van der Waals surface area contributed by atoms with E-state index in [2.05, 4.69) is 15.9 Å². The highest BCUT2D eigenvalue weighted by Gasteiger charge is 2.46. The number of urea groups is 1. The minimum Gasteiger partial charge on any atom is -0.393 e. The van der Waals surface area contributed by atoms with Gasteiger partial charge in [-0.15, -0.1) is 0 Å². The first-order valence-corrected chi connectivity index (χ1v) is 12.7.